The summed E-state index contributed by atoms with van der Waals surface area (Å²) in [4.78, 5) is 15.6. The largest absolute Gasteiger partial charge is 0.465 e. The molecule has 100 valence electrons. The molecule has 1 aromatic heterocycles. The number of carbonyl (C=O) groups excluding carboxylic acids is 1. The number of hydrogen-bond donors (Lipinski definition) is 1. The number of pyridine rings is 1. The fourth-order valence-electron chi connectivity index (χ4n) is 2.10. The molecule has 1 N–H and O–H groups in total. The maximum atomic E-state index is 11.4. The van der Waals surface area contributed by atoms with Crippen LogP contribution in [-0.2, 0) is 4.74 Å². The van der Waals surface area contributed by atoms with Crippen LogP contribution in [-0.4, -0.2) is 24.1 Å². The van der Waals surface area contributed by atoms with Crippen LogP contribution in [0.3, 0.4) is 0 Å². The summed E-state index contributed by atoms with van der Waals surface area (Å²) in [5.74, 6) is 0.988. The number of carbonyl (C=O) groups is 1. The maximum absolute atomic E-state index is 11.4. The number of ether oxygens (including phenoxy) is 1. The van der Waals surface area contributed by atoms with Gasteiger partial charge in [-0.25, -0.2) is 9.78 Å². The van der Waals surface area contributed by atoms with Gasteiger partial charge in [-0.2, -0.15) is 0 Å². The summed E-state index contributed by atoms with van der Waals surface area (Å²) in [5.41, 5.74) is 0.520. The van der Waals surface area contributed by atoms with E-state index in [4.69, 9.17) is 4.74 Å². The van der Waals surface area contributed by atoms with Crippen LogP contribution in [0.5, 0.6) is 0 Å². The molecule has 0 aliphatic rings. The molecule has 0 radical (unpaired) electrons. The first-order valence-corrected chi connectivity index (χ1v) is 6.43. The van der Waals surface area contributed by atoms with E-state index < -0.39 is 0 Å². The monoisotopic (exact) mass is 250 g/mol. The number of aromatic nitrogens is 1. The van der Waals surface area contributed by atoms with Crippen LogP contribution in [0.2, 0.25) is 0 Å². The third-order valence-electron chi connectivity index (χ3n) is 3.31. The Bertz CT molecular complexity index is 389. The van der Waals surface area contributed by atoms with Gasteiger partial charge in [-0.3, -0.25) is 0 Å². The van der Waals surface area contributed by atoms with E-state index in [2.05, 4.69) is 31.1 Å². The normalized spacial score (nSPS) is 12.3. The molecule has 1 atom stereocenters. The number of rotatable bonds is 6. The lowest BCUT2D eigenvalue weighted by Gasteiger charge is -2.23. The Morgan fingerprint density at radius 1 is 1.44 bits per heavy atom. The number of hydrogen-bond acceptors (Lipinski definition) is 4. The van der Waals surface area contributed by atoms with E-state index in [-0.39, 0.29) is 5.97 Å². The molecule has 4 nitrogen and oxygen atoms in total. The van der Waals surface area contributed by atoms with Crippen molar-refractivity contribution in [3.63, 3.8) is 0 Å². The van der Waals surface area contributed by atoms with Crippen molar-refractivity contribution in [3.8, 4) is 0 Å². The summed E-state index contributed by atoms with van der Waals surface area (Å²) in [5, 5.41) is 3.34. The smallest absolute Gasteiger partial charge is 0.338 e. The fourth-order valence-corrected chi connectivity index (χ4v) is 2.10. The second-order valence-corrected chi connectivity index (χ2v) is 4.43. The molecule has 1 heterocycles. The first-order chi connectivity index (χ1) is 8.62. The zero-order valence-electron chi connectivity index (χ0n) is 11.6. The quantitative estimate of drug-likeness (QED) is 0.788. The molecule has 1 unspecified atom stereocenters. The highest BCUT2D eigenvalue weighted by molar-refractivity contribution is 5.89. The molecule has 0 spiro atoms. The Balaban J connectivity index is 2.75. The van der Waals surface area contributed by atoms with Gasteiger partial charge in [0.1, 0.15) is 5.82 Å². The molecule has 0 bridgehead atoms. The molecule has 0 saturated heterocycles. The lowest BCUT2D eigenvalue weighted by Crippen LogP contribution is -2.25. The number of nitrogens with one attached hydrogen (secondary N) is 1. The van der Waals surface area contributed by atoms with Crippen LogP contribution in [0.25, 0.3) is 0 Å². The van der Waals surface area contributed by atoms with Crippen LogP contribution in [0.15, 0.2) is 18.3 Å². The Kier molecular flexibility index (Phi) is 5.62. The van der Waals surface area contributed by atoms with Crippen molar-refractivity contribution in [3.05, 3.63) is 23.9 Å². The van der Waals surface area contributed by atoms with E-state index in [1.165, 1.54) is 7.11 Å². The summed E-state index contributed by atoms with van der Waals surface area (Å²) in [6, 6.07) is 3.71. The van der Waals surface area contributed by atoms with Gasteiger partial charge in [-0.15, -0.1) is 0 Å². The zero-order chi connectivity index (χ0) is 13.5. The van der Waals surface area contributed by atoms with Crippen molar-refractivity contribution in [1.29, 1.82) is 0 Å². The van der Waals surface area contributed by atoms with Gasteiger partial charge in [0.25, 0.3) is 0 Å². The van der Waals surface area contributed by atoms with Crippen molar-refractivity contribution in [2.75, 3.05) is 12.4 Å². The van der Waals surface area contributed by atoms with Crippen LogP contribution < -0.4 is 5.32 Å². The second kappa shape index (κ2) is 6.99. The van der Waals surface area contributed by atoms with E-state index in [1.54, 1.807) is 18.3 Å². The Hall–Kier alpha value is -1.58. The molecule has 0 aromatic carbocycles. The van der Waals surface area contributed by atoms with E-state index in [0.717, 1.165) is 18.7 Å². The lowest BCUT2D eigenvalue weighted by atomic mass is 9.95. The highest BCUT2D eigenvalue weighted by Gasteiger charge is 2.14. The van der Waals surface area contributed by atoms with Crippen molar-refractivity contribution in [2.24, 2.45) is 5.92 Å². The SMILES string of the molecule is CCC(CC)C(C)Nc1cc(C(=O)OC)ccn1. The molecule has 4 heteroatoms. The third kappa shape index (κ3) is 3.72. The molecule has 0 fully saturated rings. The molecule has 0 aliphatic carbocycles. The summed E-state index contributed by atoms with van der Waals surface area (Å²) in [7, 11) is 1.38. The van der Waals surface area contributed by atoms with Gasteiger partial charge >= 0.3 is 5.97 Å². The van der Waals surface area contributed by atoms with Gasteiger partial charge < -0.3 is 10.1 Å². The minimum Gasteiger partial charge on any atom is -0.465 e. The second-order valence-electron chi connectivity index (χ2n) is 4.43. The summed E-state index contributed by atoms with van der Waals surface area (Å²) < 4.78 is 4.69. The van der Waals surface area contributed by atoms with Crippen LogP contribution in [0.4, 0.5) is 5.82 Å². The molecule has 18 heavy (non-hydrogen) atoms. The van der Waals surface area contributed by atoms with Crippen LogP contribution >= 0.6 is 0 Å². The predicted octanol–water partition coefficient (Wildman–Crippen LogP) is 3.10. The molecular weight excluding hydrogens is 228 g/mol. The molecule has 1 aromatic rings. The standard InChI is InChI=1S/C14H22N2O2/c1-5-11(6-2)10(3)16-13-9-12(7-8-15-13)14(17)18-4/h7-11H,5-6H2,1-4H3,(H,15,16). The van der Waals surface area contributed by atoms with E-state index in [1.807, 2.05) is 0 Å². The van der Waals surface area contributed by atoms with Gasteiger partial charge in [0.05, 0.1) is 12.7 Å². The van der Waals surface area contributed by atoms with Crippen molar-refractivity contribution in [2.45, 2.75) is 39.7 Å². The molecule has 0 amide bonds. The summed E-state index contributed by atoms with van der Waals surface area (Å²) >= 11 is 0. The number of anilines is 1. The highest BCUT2D eigenvalue weighted by atomic mass is 16.5. The van der Waals surface area contributed by atoms with E-state index in [9.17, 15) is 4.79 Å². The van der Waals surface area contributed by atoms with Gasteiger partial charge in [-0.05, 0) is 25.0 Å². The van der Waals surface area contributed by atoms with E-state index >= 15 is 0 Å². The first kappa shape index (κ1) is 14.5. The minimum atomic E-state index is -0.337. The molecule has 0 saturated carbocycles. The van der Waals surface area contributed by atoms with Gasteiger partial charge in [0, 0.05) is 12.2 Å². The zero-order valence-corrected chi connectivity index (χ0v) is 11.6. The average molecular weight is 250 g/mol. The lowest BCUT2D eigenvalue weighted by molar-refractivity contribution is 0.0600. The highest BCUT2D eigenvalue weighted by Crippen LogP contribution is 2.17. The molecule has 0 aliphatic heterocycles. The van der Waals surface area contributed by atoms with Crippen molar-refractivity contribution < 1.29 is 9.53 Å². The number of nitrogens with zero attached hydrogens (tertiary/aromatic N) is 1. The van der Waals surface area contributed by atoms with Gasteiger partial charge in [-0.1, -0.05) is 26.7 Å². The minimum absolute atomic E-state index is 0.334. The fraction of sp³-hybridized carbons (Fsp3) is 0.571. The van der Waals surface area contributed by atoms with Crippen molar-refractivity contribution in [1.82, 2.24) is 4.98 Å². The van der Waals surface area contributed by atoms with Crippen LogP contribution in [0.1, 0.15) is 44.0 Å². The first-order valence-electron chi connectivity index (χ1n) is 6.43. The maximum Gasteiger partial charge on any atom is 0.338 e. The van der Waals surface area contributed by atoms with Gasteiger partial charge in [0.2, 0.25) is 0 Å². The topological polar surface area (TPSA) is 51.2 Å². The third-order valence-corrected chi connectivity index (χ3v) is 3.31. The predicted molar refractivity (Wildman–Crippen MR) is 72.7 cm³/mol. The summed E-state index contributed by atoms with van der Waals surface area (Å²) in [6.45, 7) is 6.51. The Labute approximate surface area is 109 Å². The number of esters is 1. The van der Waals surface area contributed by atoms with E-state index in [0.29, 0.717) is 17.5 Å². The Morgan fingerprint density at radius 3 is 2.67 bits per heavy atom. The Morgan fingerprint density at radius 2 is 2.11 bits per heavy atom. The molecule has 1 rings (SSSR count). The average Bonchev–Trinajstić information content (AvgIpc) is 2.39. The van der Waals surface area contributed by atoms with Crippen LogP contribution in [0, 0.1) is 5.92 Å². The number of methoxy groups -OCH3 is 1. The summed E-state index contributed by atoms with van der Waals surface area (Å²) in [6.07, 6.45) is 3.87. The van der Waals surface area contributed by atoms with Crippen molar-refractivity contribution >= 4 is 11.8 Å². The van der Waals surface area contributed by atoms with Gasteiger partial charge in [0.15, 0.2) is 0 Å². The molecular formula is C14H22N2O2.